The van der Waals surface area contributed by atoms with Gasteiger partial charge in [-0.2, -0.15) is 0 Å². The molecule has 1 nitrogen and oxygen atoms in total. The van der Waals surface area contributed by atoms with Crippen LogP contribution in [-0.4, -0.2) is 6.04 Å². The highest BCUT2D eigenvalue weighted by atomic mass is 19.1. The van der Waals surface area contributed by atoms with E-state index in [0.29, 0.717) is 12.6 Å². The van der Waals surface area contributed by atoms with Gasteiger partial charge in [-0.15, -0.1) is 0 Å². The third-order valence-corrected chi connectivity index (χ3v) is 3.12. The highest BCUT2D eigenvalue weighted by Gasteiger charge is 2.09. The average molecular weight is 275 g/mol. The van der Waals surface area contributed by atoms with Crippen LogP contribution in [0.4, 0.5) is 8.78 Å². The molecule has 0 saturated carbocycles. The highest BCUT2D eigenvalue weighted by molar-refractivity contribution is 5.68. The van der Waals surface area contributed by atoms with Crippen molar-refractivity contribution in [2.75, 3.05) is 0 Å². The van der Waals surface area contributed by atoms with E-state index >= 15 is 0 Å². The maximum Gasteiger partial charge on any atom is 0.124 e. The van der Waals surface area contributed by atoms with Crippen LogP contribution in [0.1, 0.15) is 25.0 Å². The van der Waals surface area contributed by atoms with Gasteiger partial charge in [0.2, 0.25) is 0 Å². The molecule has 1 N–H and O–H groups in total. The van der Waals surface area contributed by atoms with Crippen LogP contribution in [-0.2, 0) is 6.54 Å². The lowest BCUT2D eigenvalue weighted by molar-refractivity contribution is 0.582. The Labute approximate surface area is 118 Å². The molecule has 0 amide bonds. The van der Waals surface area contributed by atoms with E-state index in [1.54, 1.807) is 6.07 Å². The van der Waals surface area contributed by atoms with Gasteiger partial charge in [0.15, 0.2) is 0 Å². The molecule has 20 heavy (non-hydrogen) atoms. The van der Waals surface area contributed by atoms with Gasteiger partial charge in [0, 0.05) is 12.6 Å². The third kappa shape index (κ3) is 3.64. The molecule has 0 radical (unpaired) electrons. The number of hydrogen-bond acceptors (Lipinski definition) is 1. The minimum absolute atomic E-state index is 0.271. The van der Waals surface area contributed by atoms with E-state index in [-0.39, 0.29) is 11.6 Å². The van der Waals surface area contributed by atoms with Crippen LogP contribution in [0.25, 0.3) is 11.1 Å². The van der Waals surface area contributed by atoms with Gasteiger partial charge in [-0.1, -0.05) is 26.0 Å². The first kappa shape index (κ1) is 14.7. The number of rotatable bonds is 4. The van der Waals surface area contributed by atoms with E-state index in [9.17, 15) is 8.78 Å². The van der Waals surface area contributed by atoms with Crippen LogP contribution in [0, 0.1) is 18.6 Å². The highest BCUT2D eigenvalue weighted by Crippen LogP contribution is 2.26. The van der Waals surface area contributed by atoms with Gasteiger partial charge in [0.1, 0.15) is 11.6 Å². The third-order valence-electron chi connectivity index (χ3n) is 3.12. The van der Waals surface area contributed by atoms with E-state index in [1.807, 2.05) is 26.8 Å². The zero-order valence-corrected chi connectivity index (χ0v) is 12.0. The molecule has 3 heteroatoms. The number of hydrogen-bond donors (Lipinski definition) is 1. The van der Waals surface area contributed by atoms with Crippen LogP contribution in [0.2, 0.25) is 0 Å². The Hall–Kier alpha value is -1.74. The molecule has 0 aliphatic heterocycles. The summed E-state index contributed by atoms with van der Waals surface area (Å²) in [5.41, 5.74) is 3.33. The maximum absolute atomic E-state index is 13.5. The van der Waals surface area contributed by atoms with Gasteiger partial charge >= 0.3 is 0 Å². The van der Waals surface area contributed by atoms with E-state index in [0.717, 1.165) is 22.3 Å². The van der Waals surface area contributed by atoms with Gasteiger partial charge in [-0.25, -0.2) is 8.78 Å². The second-order valence-corrected chi connectivity index (χ2v) is 5.35. The predicted octanol–water partition coefficient (Wildman–Crippen LogP) is 4.44. The Morgan fingerprint density at radius 2 is 1.75 bits per heavy atom. The molecule has 0 atom stereocenters. The average Bonchev–Trinajstić information content (AvgIpc) is 2.35. The van der Waals surface area contributed by atoms with Crippen molar-refractivity contribution in [3.63, 3.8) is 0 Å². The van der Waals surface area contributed by atoms with Crippen molar-refractivity contribution in [3.05, 3.63) is 59.2 Å². The molecule has 2 rings (SSSR count). The zero-order chi connectivity index (χ0) is 14.7. The first-order chi connectivity index (χ1) is 9.45. The molecule has 0 aliphatic carbocycles. The molecule has 0 fully saturated rings. The van der Waals surface area contributed by atoms with Crippen molar-refractivity contribution >= 4 is 0 Å². The molecular weight excluding hydrogens is 256 g/mol. The summed E-state index contributed by atoms with van der Waals surface area (Å²) < 4.78 is 27.0. The van der Waals surface area contributed by atoms with Crippen molar-refractivity contribution < 1.29 is 8.78 Å². The van der Waals surface area contributed by atoms with E-state index in [1.165, 1.54) is 24.3 Å². The smallest absolute Gasteiger partial charge is 0.124 e. The lowest BCUT2D eigenvalue weighted by atomic mass is 9.97. The Balaban J connectivity index is 2.44. The predicted molar refractivity (Wildman–Crippen MR) is 78.5 cm³/mol. The summed E-state index contributed by atoms with van der Waals surface area (Å²) in [5.74, 6) is -0.547. The molecule has 0 saturated heterocycles. The topological polar surface area (TPSA) is 12.0 Å². The summed E-state index contributed by atoms with van der Waals surface area (Å²) in [4.78, 5) is 0. The number of halogens is 2. The second-order valence-electron chi connectivity index (χ2n) is 5.35. The molecular formula is C17H19F2N. The summed E-state index contributed by atoms with van der Waals surface area (Å²) in [7, 11) is 0. The largest absolute Gasteiger partial charge is 0.310 e. The second kappa shape index (κ2) is 6.14. The Morgan fingerprint density at radius 3 is 2.40 bits per heavy atom. The fourth-order valence-electron chi connectivity index (χ4n) is 2.20. The number of nitrogens with one attached hydrogen (secondary N) is 1. The molecule has 0 spiro atoms. The van der Waals surface area contributed by atoms with Crippen molar-refractivity contribution in [1.29, 1.82) is 0 Å². The Bertz CT molecular complexity index is 586. The molecule has 0 heterocycles. The lowest BCUT2D eigenvalue weighted by Crippen LogP contribution is -2.22. The first-order valence-electron chi connectivity index (χ1n) is 6.75. The summed E-state index contributed by atoms with van der Waals surface area (Å²) in [6.07, 6.45) is 0. The Kier molecular flexibility index (Phi) is 4.50. The molecule has 0 bridgehead atoms. The van der Waals surface area contributed by atoms with Gasteiger partial charge in [-0.05, 0) is 53.4 Å². The monoisotopic (exact) mass is 275 g/mol. The molecule has 2 aromatic rings. The van der Waals surface area contributed by atoms with Crippen molar-refractivity contribution in [3.8, 4) is 11.1 Å². The summed E-state index contributed by atoms with van der Waals surface area (Å²) >= 11 is 0. The van der Waals surface area contributed by atoms with Crippen LogP contribution in [0.3, 0.4) is 0 Å². The fourth-order valence-corrected chi connectivity index (χ4v) is 2.20. The minimum atomic E-state index is -0.276. The number of benzene rings is 2. The van der Waals surface area contributed by atoms with E-state index in [2.05, 4.69) is 5.32 Å². The summed E-state index contributed by atoms with van der Waals surface area (Å²) in [5, 5.41) is 3.27. The van der Waals surface area contributed by atoms with Crippen molar-refractivity contribution in [1.82, 2.24) is 5.32 Å². The fraction of sp³-hybridized carbons (Fsp3) is 0.294. The number of aryl methyl sites for hydroxylation is 1. The molecule has 0 unspecified atom stereocenters. The van der Waals surface area contributed by atoms with Crippen LogP contribution < -0.4 is 5.32 Å². The summed E-state index contributed by atoms with van der Waals surface area (Å²) in [6.45, 7) is 6.47. The zero-order valence-electron chi connectivity index (χ0n) is 12.0. The molecule has 2 aromatic carbocycles. The maximum atomic E-state index is 13.5. The van der Waals surface area contributed by atoms with Crippen molar-refractivity contribution in [2.24, 2.45) is 0 Å². The Morgan fingerprint density at radius 1 is 1.00 bits per heavy atom. The SMILES string of the molecule is Cc1cc(F)cc(-c2ccc(F)cc2CNC(C)C)c1. The van der Waals surface area contributed by atoms with Crippen LogP contribution in [0.15, 0.2) is 36.4 Å². The van der Waals surface area contributed by atoms with Gasteiger partial charge in [0.05, 0.1) is 0 Å². The molecule has 106 valence electrons. The van der Waals surface area contributed by atoms with Gasteiger partial charge < -0.3 is 5.32 Å². The first-order valence-corrected chi connectivity index (χ1v) is 6.75. The molecule has 0 aliphatic rings. The van der Waals surface area contributed by atoms with Crippen LogP contribution >= 0.6 is 0 Å². The quantitative estimate of drug-likeness (QED) is 0.870. The van der Waals surface area contributed by atoms with Crippen LogP contribution in [0.5, 0.6) is 0 Å². The summed E-state index contributed by atoms with van der Waals surface area (Å²) in [6, 6.07) is 9.81. The van der Waals surface area contributed by atoms with E-state index < -0.39 is 0 Å². The lowest BCUT2D eigenvalue weighted by Gasteiger charge is -2.14. The van der Waals surface area contributed by atoms with Crippen molar-refractivity contribution in [2.45, 2.75) is 33.4 Å². The normalized spacial score (nSPS) is 11.1. The standard InChI is InChI=1S/C17H19F2N/c1-11(2)20-10-14-9-15(18)4-5-17(14)13-6-12(3)7-16(19)8-13/h4-9,11,20H,10H2,1-3H3. The molecule has 0 aromatic heterocycles. The minimum Gasteiger partial charge on any atom is -0.310 e. The van der Waals surface area contributed by atoms with Gasteiger partial charge in [0.25, 0.3) is 0 Å². The van der Waals surface area contributed by atoms with Gasteiger partial charge in [-0.3, -0.25) is 0 Å². The van der Waals surface area contributed by atoms with E-state index in [4.69, 9.17) is 0 Å².